The second kappa shape index (κ2) is 7.18. The van der Waals surface area contributed by atoms with E-state index in [4.69, 9.17) is 9.15 Å². The first kappa shape index (κ1) is 18.2. The van der Waals surface area contributed by atoms with Crippen molar-refractivity contribution in [1.82, 2.24) is 14.8 Å². The van der Waals surface area contributed by atoms with Crippen molar-refractivity contribution < 1.29 is 13.9 Å². The van der Waals surface area contributed by atoms with Gasteiger partial charge in [-0.1, -0.05) is 29.8 Å². The molecule has 0 saturated carbocycles. The molecule has 3 aromatic heterocycles. The Morgan fingerprint density at radius 1 is 1.17 bits per heavy atom. The Morgan fingerprint density at radius 3 is 2.93 bits per heavy atom. The minimum Gasteiger partial charge on any atom is -0.464 e. The Balaban J connectivity index is 1.35. The Labute approximate surface area is 170 Å². The fourth-order valence-electron chi connectivity index (χ4n) is 3.79. The van der Waals surface area contributed by atoms with Crippen LogP contribution in [-0.4, -0.2) is 27.3 Å². The number of nitrogens with one attached hydrogen (secondary N) is 1. The molecule has 150 valence electrons. The maximum Gasteiger partial charge on any atom is 0.347 e. The predicted molar refractivity (Wildman–Crippen MR) is 113 cm³/mol. The third kappa shape index (κ3) is 3.14. The summed E-state index contributed by atoms with van der Waals surface area (Å²) in [5, 5.41) is 6.44. The first-order chi connectivity index (χ1) is 14.6. The van der Waals surface area contributed by atoms with Crippen LogP contribution in [0.5, 0.6) is 0 Å². The fourth-order valence-corrected chi connectivity index (χ4v) is 3.79. The van der Waals surface area contributed by atoms with Gasteiger partial charge in [0.2, 0.25) is 0 Å². The van der Waals surface area contributed by atoms with E-state index >= 15 is 0 Å². The molecular weight excluding hydrogens is 382 g/mol. The van der Waals surface area contributed by atoms with Gasteiger partial charge in [0.05, 0.1) is 18.3 Å². The molecule has 0 saturated heterocycles. The first-order valence-corrected chi connectivity index (χ1v) is 9.70. The van der Waals surface area contributed by atoms with Gasteiger partial charge < -0.3 is 14.1 Å². The van der Waals surface area contributed by atoms with Gasteiger partial charge in [0.1, 0.15) is 17.5 Å². The van der Waals surface area contributed by atoms with Gasteiger partial charge >= 0.3 is 11.6 Å². The number of aryl methyl sites for hydroxylation is 1. The summed E-state index contributed by atoms with van der Waals surface area (Å²) in [4.78, 5) is 27.9. The standard InChI is InChI=1S/C23H19N3O4/c1-14-6-7-20-17(10-14)22-18(23(28)30-20)12-25-26(22)13-21(27)29-9-8-15-11-24-19-5-3-2-4-16(15)19/h2-7,10-12,24H,8-9,13H2,1H3. The van der Waals surface area contributed by atoms with E-state index in [1.54, 1.807) is 6.07 Å². The molecule has 1 N–H and O–H groups in total. The highest BCUT2D eigenvalue weighted by Crippen LogP contribution is 2.24. The van der Waals surface area contributed by atoms with Crippen molar-refractivity contribution in [2.45, 2.75) is 19.9 Å². The number of para-hydroxylation sites is 1. The van der Waals surface area contributed by atoms with E-state index in [2.05, 4.69) is 10.1 Å². The number of benzene rings is 2. The second-order valence-electron chi connectivity index (χ2n) is 7.28. The molecule has 3 heterocycles. The summed E-state index contributed by atoms with van der Waals surface area (Å²) in [5.74, 6) is -0.408. The second-order valence-corrected chi connectivity index (χ2v) is 7.28. The first-order valence-electron chi connectivity index (χ1n) is 9.70. The summed E-state index contributed by atoms with van der Waals surface area (Å²) in [5.41, 5.74) is 3.75. The highest BCUT2D eigenvalue weighted by molar-refractivity contribution is 6.02. The van der Waals surface area contributed by atoms with Gasteiger partial charge in [-0.25, -0.2) is 4.79 Å². The summed E-state index contributed by atoms with van der Waals surface area (Å²) in [7, 11) is 0. The minimum absolute atomic E-state index is 0.0795. The number of carbonyl (C=O) groups is 1. The summed E-state index contributed by atoms with van der Waals surface area (Å²) in [6.07, 6.45) is 3.98. The van der Waals surface area contributed by atoms with Gasteiger partial charge in [-0.3, -0.25) is 9.48 Å². The van der Waals surface area contributed by atoms with E-state index in [9.17, 15) is 9.59 Å². The quantitative estimate of drug-likeness (QED) is 0.358. The van der Waals surface area contributed by atoms with Crippen LogP contribution >= 0.6 is 0 Å². The van der Waals surface area contributed by atoms with Crippen LogP contribution in [0, 0.1) is 6.92 Å². The number of ether oxygens (including phenoxy) is 1. The zero-order valence-corrected chi connectivity index (χ0v) is 16.3. The summed E-state index contributed by atoms with van der Waals surface area (Å²) >= 11 is 0. The fraction of sp³-hybridized carbons (Fsp3) is 0.174. The molecule has 0 fully saturated rings. The SMILES string of the molecule is Cc1ccc2oc(=O)c3cnn(CC(=O)OCCc4c[nH]c5ccccc45)c3c2c1. The van der Waals surface area contributed by atoms with Crippen molar-refractivity contribution in [3.8, 4) is 0 Å². The van der Waals surface area contributed by atoms with Gasteiger partial charge in [-0.2, -0.15) is 5.10 Å². The van der Waals surface area contributed by atoms with Gasteiger partial charge in [0, 0.05) is 28.9 Å². The lowest BCUT2D eigenvalue weighted by atomic mass is 10.1. The smallest absolute Gasteiger partial charge is 0.347 e. The monoisotopic (exact) mass is 401 g/mol. The largest absolute Gasteiger partial charge is 0.464 e. The molecule has 7 heteroatoms. The molecule has 5 rings (SSSR count). The number of aromatic nitrogens is 3. The van der Waals surface area contributed by atoms with Gasteiger partial charge in [0.15, 0.2) is 0 Å². The Hall–Kier alpha value is -3.87. The molecule has 0 spiro atoms. The minimum atomic E-state index is -0.472. The highest BCUT2D eigenvalue weighted by atomic mass is 16.5. The molecule has 0 aliphatic rings. The molecule has 5 aromatic rings. The lowest BCUT2D eigenvalue weighted by Gasteiger charge is -2.07. The van der Waals surface area contributed by atoms with Crippen LogP contribution in [-0.2, 0) is 22.5 Å². The summed E-state index contributed by atoms with van der Waals surface area (Å²) in [6.45, 7) is 2.14. The summed E-state index contributed by atoms with van der Waals surface area (Å²) < 4.78 is 12.3. The number of fused-ring (bicyclic) bond motifs is 4. The third-order valence-electron chi connectivity index (χ3n) is 5.24. The van der Waals surface area contributed by atoms with Crippen LogP contribution in [0.25, 0.3) is 32.8 Å². The van der Waals surface area contributed by atoms with Crippen molar-refractivity contribution in [3.63, 3.8) is 0 Å². The maximum atomic E-state index is 12.4. The number of hydrogen-bond donors (Lipinski definition) is 1. The molecule has 2 aromatic carbocycles. The number of nitrogens with zero attached hydrogens (tertiary/aromatic N) is 2. The molecule has 7 nitrogen and oxygen atoms in total. The molecule has 0 bridgehead atoms. The normalized spacial score (nSPS) is 11.5. The molecule has 0 aliphatic carbocycles. The van der Waals surface area contributed by atoms with E-state index in [-0.39, 0.29) is 13.2 Å². The van der Waals surface area contributed by atoms with Crippen molar-refractivity contribution in [2.75, 3.05) is 6.61 Å². The highest BCUT2D eigenvalue weighted by Gasteiger charge is 2.16. The third-order valence-corrected chi connectivity index (χ3v) is 5.24. The van der Waals surface area contributed by atoms with Gasteiger partial charge in [0.25, 0.3) is 0 Å². The topological polar surface area (TPSA) is 90.1 Å². The number of aromatic amines is 1. The summed E-state index contributed by atoms with van der Waals surface area (Å²) in [6, 6.07) is 13.5. The van der Waals surface area contributed by atoms with Crippen LogP contribution in [0.1, 0.15) is 11.1 Å². The number of H-pyrrole nitrogens is 1. The van der Waals surface area contributed by atoms with Crippen LogP contribution < -0.4 is 5.63 Å². The Bertz CT molecular complexity index is 1460. The number of esters is 1. The van der Waals surface area contributed by atoms with Crippen molar-refractivity contribution in [1.29, 1.82) is 0 Å². The van der Waals surface area contributed by atoms with E-state index in [0.29, 0.717) is 22.9 Å². The molecule has 0 amide bonds. The average Bonchev–Trinajstić information content (AvgIpc) is 3.34. The van der Waals surface area contributed by atoms with Crippen molar-refractivity contribution in [3.05, 3.63) is 76.4 Å². The molecule has 0 radical (unpaired) electrons. The average molecular weight is 401 g/mol. The number of hydrogen-bond acceptors (Lipinski definition) is 5. The lowest BCUT2D eigenvalue weighted by Crippen LogP contribution is -2.16. The predicted octanol–water partition coefficient (Wildman–Crippen LogP) is 3.72. The van der Waals surface area contributed by atoms with E-state index in [0.717, 1.165) is 27.4 Å². The molecule has 0 aliphatic heterocycles. The lowest BCUT2D eigenvalue weighted by molar-refractivity contribution is -0.144. The van der Waals surface area contributed by atoms with E-state index in [1.165, 1.54) is 10.9 Å². The van der Waals surface area contributed by atoms with Crippen LogP contribution in [0.4, 0.5) is 0 Å². The van der Waals surface area contributed by atoms with Gasteiger partial charge in [-0.15, -0.1) is 0 Å². The molecule has 0 unspecified atom stereocenters. The Kier molecular flexibility index (Phi) is 4.35. The van der Waals surface area contributed by atoms with E-state index in [1.807, 2.05) is 49.5 Å². The molecule has 0 atom stereocenters. The maximum absolute atomic E-state index is 12.4. The van der Waals surface area contributed by atoms with Gasteiger partial charge in [-0.05, 0) is 30.7 Å². The van der Waals surface area contributed by atoms with Crippen LogP contribution in [0.2, 0.25) is 0 Å². The zero-order valence-electron chi connectivity index (χ0n) is 16.3. The zero-order chi connectivity index (χ0) is 20.7. The Morgan fingerprint density at radius 2 is 2.03 bits per heavy atom. The van der Waals surface area contributed by atoms with E-state index < -0.39 is 11.6 Å². The number of rotatable bonds is 5. The van der Waals surface area contributed by atoms with Crippen LogP contribution in [0.3, 0.4) is 0 Å². The van der Waals surface area contributed by atoms with Crippen LogP contribution in [0.15, 0.2) is 64.1 Å². The van der Waals surface area contributed by atoms with Crippen molar-refractivity contribution >= 4 is 38.7 Å². The number of carbonyl (C=O) groups excluding carboxylic acids is 1. The molecular formula is C23H19N3O4. The molecule has 30 heavy (non-hydrogen) atoms. The van der Waals surface area contributed by atoms with Crippen molar-refractivity contribution in [2.24, 2.45) is 0 Å².